The highest BCUT2D eigenvalue weighted by Crippen LogP contribution is 2.24. The van der Waals surface area contributed by atoms with Crippen LogP contribution in [0.4, 0.5) is 11.4 Å². The van der Waals surface area contributed by atoms with Gasteiger partial charge in [0.1, 0.15) is 6.04 Å². The summed E-state index contributed by atoms with van der Waals surface area (Å²) in [6.45, 7) is 1.98. The number of piperazine rings is 1. The zero-order chi connectivity index (χ0) is 14.0. The van der Waals surface area contributed by atoms with E-state index < -0.39 is 6.04 Å². The number of benzene rings is 1. The fraction of sp³-hybridized carbons (Fsp3) is 0.429. The van der Waals surface area contributed by atoms with E-state index in [9.17, 15) is 9.59 Å². The molecule has 5 heteroatoms. The van der Waals surface area contributed by atoms with Crippen molar-refractivity contribution in [1.82, 2.24) is 5.32 Å². The molecule has 2 amide bonds. The number of nitrogens with one attached hydrogen (secondary N) is 1. The minimum atomic E-state index is -0.411. The van der Waals surface area contributed by atoms with E-state index in [4.69, 9.17) is 0 Å². The van der Waals surface area contributed by atoms with Crippen molar-refractivity contribution < 1.29 is 9.59 Å². The van der Waals surface area contributed by atoms with Gasteiger partial charge >= 0.3 is 0 Å². The second kappa shape index (κ2) is 5.30. The molecule has 1 unspecified atom stereocenters. The Morgan fingerprint density at radius 1 is 1.26 bits per heavy atom. The van der Waals surface area contributed by atoms with Gasteiger partial charge in [-0.15, -0.1) is 0 Å². The molecule has 19 heavy (non-hydrogen) atoms. The highest BCUT2D eigenvalue weighted by atomic mass is 16.2. The Kier molecular flexibility index (Phi) is 3.74. The number of anilines is 2. The molecule has 1 aromatic carbocycles. The average Bonchev–Trinajstić information content (AvgIpc) is 2.41. The largest absolute Gasteiger partial charge is 0.378 e. The van der Waals surface area contributed by atoms with Crippen molar-refractivity contribution in [3.05, 3.63) is 24.3 Å². The Hall–Kier alpha value is -2.04. The molecule has 0 saturated carbocycles. The summed E-state index contributed by atoms with van der Waals surface area (Å²) in [5.41, 5.74) is 1.84. The third kappa shape index (κ3) is 2.54. The number of hydrogen-bond donors (Lipinski definition) is 1. The summed E-state index contributed by atoms with van der Waals surface area (Å²) in [4.78, 5) is 27.4. The third-order valence-corrected chi connectivity index (χ3v) is 3.33. The molecular formula is C14H19N3O2. The Morgan fingerprint density at radius 2 is 1.89 bits per heavy atom. The van der Waals surface area contributed by atoms with Gasteiger partial charge in [0.2, 0.25) is 11.8 Å². The van der Waals surface area contributed by atoms with Crippen molar-refractivity contribution in [1.29, 1.82) is 0 Å². The molecule has 5 nitrogen and oxygen atoms in total. The number of hydrogen-bond acceptors (Lipinski definition) is 3. The molecule has 0 aliphatic carbocycles. The number of rotatable bonds is 3. The monoisotopic (exact) mass is 261 g/mol. The van der Waals surface area contributed by atoms with Gasteiger partial charge in [0.25, 0.3) is 0 Å². The normalized spacial score (nSPS) is 19.3. The molecule has 0 bridgehead atoms. The molecule has 1 saturated heterocycles. The van der Waals surface area contributed by atoms with Crippen LogP contribution in [0.25, 0.3) is 0 Å². The third-order valence-electron chi connectivity index (χ3n) is 3.33. The zero-order valence-corrected chi connectivity index (χ0v) is 11.5. The Morgan fingerprint density at radius 3 is 2.42 bits per heavy atom. The molecule has 1 heterocycles. The van der Waals surface area contributed by atoms with E-state index >= 15 is 0 Å². The van der Waals surface area contributed by atoms with Crippen LogP contribution in [0.1, 0.15) is 13.3 Å². The Balaban J connectivity index is 2.31. The highest BCUT2D eigenvalue weighted by Gasteiger charge is 2.33. The summed E-state index contributed by atoms with van der Waals surface area (Å²) in [6, 6.07) is 7.25. The topological polar surface area (TPSA) is 52.7 Å². The van der Waals surface area contributed by atoms with Gasteiger partial charge < -0.3 is 10.2 Å². The summed E-state index contributed by atoms with van der Waals surface area (Å²) in [5, 5.41) is 2.62. The first-order valence-electron chi connectivity index (χ1n) is 6.41. The first-order valence-corrected chi connectivity index (χ1v) is 6.41. The van der Waals surface area contributed by atoms with Crippen molar-refractivity contribution in [2.45, 2.75) is 19.4 Å². The molecule has 1 aliphatic rings. The minimum absolute atomic E-state index is 0.0657. The summed E-state index contributed by atoms with van der Waals surface area (Å²) in [6.07, 6.45) is 0.604. The van der Waals surface area contributed by atoms with E-state index in [2.05, 4.69) is 5.32 Å². The van der Waals surface area contributed by atoms with Crippen molar-refractivity contribution in [2.75, 3.05) is 30.4 Å². The zero-order valence-electron chi connectivity index (χ0n) is 11.5. The maximum absolute atomic E-state index is 12.0. The standard InChI is InChI=1S/C14H19N3O2/c1-4-12-14(19)15-9-13(18)17(12)11-7-5-10(6-8-11)16(2)3/h5-8,12H,4,9H2,1-3H3,(H,15,19). The van der Waals surface area contributed by atoms with Crippen LogP contribution in [0.2, 0.25) is 0 Å². The smallest absolute Gasteiger partial charge is 0.247 e. The van der Waals surface area contributed by atoms with Gasteiger partial charge in [-0.25, -0.2) is 0 Å². The van der Waals surface area contributed by atoms with Gasteiger partial charge in [-0.05, 0) is 30.7 Å². The maximum atomic E-state index is 12.0. The van der Waals surface area contributed by atoms with E-state index in [-0.39, 0.29) is 18.4 Å². The lowest BCUT2D eigenvalue weighted by Crippen LogP contribution is -2.58. The average molecular weight is 261 g/mol. The molecule has 1 fully saturated rings. The molecule has 0 aromatic heterocycles. The molecule has 1 aromatic rings. The van der Waals surface area contributed by atoms with E-state index in [1.807, 2.05) is 50.2 Å². The van der Waals surface area contributed by atoms with Crippen LogP contribution in [-0.2, 0) is 9.59 Å². The Labute approximate surface area is 113 Å². The molecule has 1 atom stereocenters. The fourth-order valence-electron chi connectivity index (χ4n) is 2.26. The molecule has 0 spiro atoms. The number of carbonyl (C=O) groups excluding carboxylic acids is 2. The molecular weight excluding hydrogens is 242 g/mol. The minimum Gasteiger partial charge on any atom is -0.378 e. The first kappa shape index (κ1) is 13.4. The van der Waals surface area contributed by atoms with Crippen molar-refractivity contribution >= 4 is 23.2 Å². The molecule has 1 aliphatic heterocycles. The Bertz CT molecular complexity index is 482. The van der Waals surface area contributed by atoms with Crippen LogP contribution in [-0.4, -0.2) is 38.5 Å². The lowest BCUT2D eigenvalue weighted by atomic mass is 10.1. The predicted octanol–water partition coefficient (Wildman–Crippen LogP) is 0.994. The molecule has 102 valence electrons. The quantitative estimate of drug-likeness (QED) is 0.883. The van der Waals surface area contributed by atoms with Crippen LogP contribution in [0, 0.1) is 0 Å². The van der Waals surface area contributed by atoms with Gasteiger partial charge in [-0.2, -0.15) is 0 Å². The van der Waals surface area contributed by atoms with Crippen LogP contribution < -0.4 is 15.1 Å². The second-order valence-corrected chi connectivity index (χ2v) is 4.82. The SMILES string of the molecule is CCC1C(=O)NCC(=O)N1c1ccc(N(C)C)cc1. The first-order chi connectivity index (χ1) is 9.04. The van der Waals surface area contributed by atoms with Crippen LogP contribution in [0.15, 0.2) is 24.3 Å². The van der Waals surface area contributed by atoms with Crippen molar-refractivity contribution in [3.8, 4) is 0 Å². The van der Waals surface area contributed by atoms with Gasteiger partial charge in [0, 0.05) is 25.5 Å². The number of nitrogens with zero attached hydrogens (tertiary/aromatic N) is 2. The molecule has 0 radical (unpaired) electrons. The van der Waals surface area contributed by atoms with E-state index in [0.717, 1.165) is 11.4 Å². The van der Waals surface area contributed by atoms with Crippen molar-refractivity contribution in [2.24, 2.45) is 0 Å². The van der Waals surface area contributed by atoms with E-state index in [1.54, 1.807) is 4.90 Å². The summed E-state index contributed by atoms with van der Waals surface area (Å²) >= 11 is 0. The highest BCUT2D eigenvalue weighted by molar-refractivity contribution is 6.06. The molecule has 1 N–H and O–H groups in total. The lowest BCUT2D eigenvalue weighted by Gasteiger charge is -2.34. The predicted molar refractivity (Wildman–Crippen MR) is 75.3 cm³/mol. The number of carbonyl (C=O) groups is 2. The second-order valence-electron chi connectivity index (χ2n) is 4.82. The summed E-state index contributed by atoms with van der Waals surface area (Å²) < 4.78 is 0. The summed E-state index contributed by atoms with van der Waals surface area (Å²) in [7, 11) is 3.92. The van der Waals surface area contributed by atoms with Gasteiger partial charge in [-0.3, -0.25) is 14.5 Å². The van der Waals surface area contributed by atoms with E-state index in [1.165, 1.54) is 0 Å². The lowest BCUT2D eigenvalue weighted by molar-refractivity contribution is -0.131. The van der Waals surface area contributed by atoms with Crippen LogP contribution >= 0.6 is 0 Å². The van der Waals surface area contributed by atoms with Crippen LogP contribution in [0.5, 0.6) is 0 Å². The van der Waals surface area contributed by atoms with Crippen LogP contribution in [0.3, 0.4) is 0 Å². The number of amides is 2. The maximum Gasteiger partial charge on any atom is 0.247 e. The molecule has 2 rings (SSSR count). The summed E-state index contributed by atoms with van der Waals surface area (Å²) in [5.74, 6) is -0.150. The van der Waals surface area contributed by atoms with Gasteiger partial charge in [0.05, 0.1) is 6.54 Å². The van der Waals surface area contributed by atoms with E-state index in [0.29, 0.717) is 6.42 Å². The van der Waals surface area contributed by atoms with Crippen molar-refractivity contribution in [3.63, 3.8) is 0 Å². The van der Waals surface area contributed by atoms with Gasteiger partial charge in [-0.1, -0.05) is 6.92 Å². The fourth-order valence-corrected chi connectivity index (χ4v) is 2.26. The van der Waals surface area contributed by atoms with Gasteiger partial charge in [0.15, 0.2) is 0 Å².